The highest BCUT2D eigenvalue weighted by atomic mass is 79.9. The van der Waals surface area contributed by atoms with E-state index in [1.807, 2.05) is 0 Å². The first-order valence-electron chi connectivity index (χ1n) is 5.32. The van der Waals surface area contributed by atoms with Crippen LogP contribution in [0.1, 0.15) is 10.4 Å². The van der Waals surface area contributed by atoms with Crippen LogP contribution in [0.5, 0.6) is 11.5 Å². The molecule has 0 spiro atoms. The molecule has 0 atom stereocenters. The third-order valence-corrected chi connectivity index (χ3v) is 5.10. The molecule has 19 heavy (non-hydrogen) atoms. The average Bonchev–Trinajstić information content (AvgIpc) is 2.84. The fourth-order valence-electron chi connectivity index (χ4n) is 1.60. The van der Waals surface area contributed by atoms with E-state index in [-0.39, 0.29) is 18.7 Å². The van der Waals surface area contributed by atoms with Gasteiger partial charge in [0, 0.05) is 24.3 Å². The lowest BCUT2D eigenvalue weighted by molar-refractivity contribution is 0.101. The van der Waals surface area contributed by atoms with Gasteiger partial charge in [0.25, 0.3) is 0 Å². The Hall–Kier alpha value is -0.880. The van der Waals surface area contributed by atoms with Gasteiger partial charge in [-0.2, -0.15) is 0 Å². The van der Waals surface area contributed by atoms with Crippen molar-refractivity contribution in [1.29, 1.82) is 0 Å². The summed E-state index contributed by atoms with van der Waals surface area (Å²) in [6.07, 6.45) is -0.335. The van der Waals surface area contributed by atoms with E-state index in [0.717, 1.165) is 0 Å². The highest BCUT2D eigenvalue weighted by Gasteiger charge is 2.28. The van der Waals surface area contributed by atoms with Gasteiger partial charge in [-0.15, -0.1) is 0 Å². The molecular weight excluding hydrogens is 339 g/mol. The van der Waals surface area contributed by atoms with Crippen LogP contribution >= 0.6 is 23.5 Å². The van der Waals surface area contributed by atoms with E-state index in [9.17, 15) is 9.36 Å². The van der Waals surface area contributed by atoms with Gasteiger partial charge in [-0.3, -0.25) is 9.36 Å². The molecule has 104 valence electrons. The summed E-state index contributed by atoms with van der Waals surface area (Å²) in [5.41, 5.74) is 0.346. The summed E-state index contributed by atoms with van der Waals surface area (Å²) in [5.74, 6) is 0.679. The molecule has 0 aliphatic carbocycles. The van der Waals surface area contributed by atoms with E-state index < -0.39 is 7.60 Å². The zero-order valence-corrected chi connectivity index (χ0v) is 12.8. The van der Waals surface area contributed by atoms with E-state index in [2.05, 4.69) is 15.9 Å². The molecule has 0 N–H and O–H groups in total. The van der Waals surface area contributed by atoms with E-state index in [1.54, 1.807) is 12.1 Å². The van der Waals surface area contributed by atoms with Crippen molar-refractivity contribution < 1.29 is 27.9 Å². The van der Waals surface area contributed by atoms with Crippen molar-refractivity contribution in [2.75, 3.05) is 27.2 Å². The van der Waals surface area contributed by atoms with Crippen molar-refractivity contribution in [3.8, 4) is 11.5 Å². The van der Waals surface area contributed by atoms with Gasteiger partial charge in [-0.05, 0) is 28.1 Å². The summed E-state index contributed by atoms with van der Waals surface area (Å²) in [7, 11) is -0.900. The number of ketones is 1. The summed E-state index contributed by atoms with van der Waals surface area (Å²) in [6.45, 7) is 0.119. The number of rotatable bonds is 5. The molecule has 0 fully saturated rings. The quantitative estimate of drug-likeness (QED) is 0.600. The molecule has 1 aliphatic heterocycles. The van der Waals surface area contributed by atoms with Gasteiger partial charge in [0.2, 0.25) is 6.79 Å². The van der Waals surface area contributed by atoms with Crippen LogP contribution in [-0.4, -0.2) is 33.0 Å². The smallest absolute Gasteiger partial charge is 0.337 e. The number of carbonyl (C=O) groups excluding carboxylic acids is 1. The second-order valence-corrected chi connectivity index (χ2v) is 6.87. The first-order valence-corrected chi connectivity index (χ1v) is 7.84. The zero-order valence-electron chi connectivity index (χ0n) is 10.3. The summed E-state index contributed by atoms with van der Waals surface area (Å²) in [5, 5.41) is 0. The first kappa shape index (κ1) is 14.5. The lowest BCUT2D eigenvalue weighted by Gasteiger charge is -2.13. The Morgan fingerprint density at radius 3 is 2.47 bits per heavy atom. The molecule has 1 heterocycles. The van der Waals surface area contributed by atoms with Crippen LogP contribution in [-0.2, 0) is 13.6 Å². The Kier molecular flexibility index (Phi) is 4.30. The van der Waals surface area contributed by atoms with Gasteiger partial charge < -0.3 is 18.5 Å². The van der Waals surface area contributed by atoms with Crippen LogP contribution < -0.4 is 9.47 Å². The molecule has 0 amide bonds. The molecular formula is C11H12BrO6P. The van der Waals surface area contributed by atoms with Crippen molar-refractivity contribution >= 4 is 29.3 Å². The highest BCUT2D eigenvalue weighted by Crippen LogP contribution is 2.47. The third-order valence-electron chi connectivity index (χ3n) is 2.66. The van der Waals surface area contributed by atoms with Crippen LogP contribution in [0.2, 0.25) is 0 Å². The summed E-state index contributed by atoms with van der Waals surface area (Å²) < 4.78 is 32.4. The van der Waals surface area contributed by atoms with Gasteiger partial charge in [0.05, 0.1) is 0 Å². The molecule has 1 aromatic carbocycles. The van der Waals surface area contributed by atoms with Crippen LogP contribution in [0, 0.1) is 0 Å². The Morgan fingerprint density at radius 2 is 1.89 bits per heavy atom. The Bertz CT molecular complexity index is 550. The summed E-state index contributed by atoms with van der Waals surface area (Å²) in [4.78, 5) is 12.1. The normalized spacial score (nSPS) is 13.6. The largest absolute Gasteiger partial charge is 0.454 e. The second-order valence-electron chi connectivity index (χ2n) is 3.74. The van der Waals surface area contributed by atoms with Crippen molar-refractivity contribution in [2.24, 2.45) is 0 Å². The summed E-state index contributed by atoms with van der Waals surface area (Å²) >= 11 is 3.27. The second kappa shape index (κ2) is 5.63. The molecule has 0 bridgehead atoms. The van der Waals surface area contributed by atoms with Gasteiger partial charge in [0.1, 0.15) is 6.16 Å². The van der Waals surface area contributed by atoms with E-state index in [1.165, 1.54) is 14.2 Å². The number of fused-ring (bicyclic) bond motifs is 1. The Morgan fingerprint density at radius 1 is 1.32 bits per heavy atom. The molecule has 0 saturated carbocycles. The van der Waals surface area contributed by atoms with Gasteiger partial charge in [-0.1, -0.05) is 0 Å². The number of benzene rings is 1. The SMILES string of the molecule is COP(=O)(CC(=O)c1cc2c(cc1Br)OCO2)OC. The van der Waals surface area contributed by atoms with Gasteiger partial charge in [0.15, 0.2) is 17.3 Å². The predicted molar refractivity (Wildman–Crippen MR) is 71.1 cm³/mol. The van der Waals surface area contributed by atoms with Gasteiger partial charge >= 0.3 is 7.60 Å². The average molecular weight is 351 g/mol. The number of hydrogen-bond acceptors (Lipinski definition) is 6. The molecule has 2 rings (SSSR count). The maximum Gasteiger partial charge on any atom is 0.337 e. The van der Waals surface area contributed by atoms with Gasteiger partial charge in [-0.25, -0.2) is 0 Å². The fraction of sp³-hybridized carbons (Fsp3) is 0.364. The first-order chi connectivity index (χ1) is 8.99. The maximum absolute atomic E-state index is 12.1. The van der Waals surface area contributed by atoms with E-state index in [0.29, 0.717) is 21.5 Å². The topological polar surface area (TPSA) is 71.1 Å². The van der Waals surface area contributed by atoms with E-state index >= 15 is 0 Å². The summed E-state index contributed by atoms with van der Waals surface area (Å²) in [6, 6.07) is 3.19. The zero-order chi connectivity index (χ0) is 14.0. The lowest BCUT2D eigenvalue weighted by Crippen LogP contribution is -2.09. The molecule has 1 aliphatic rings. The van der Waals surface area contributed by atoms with Crippen LogP contribution in [0.15, 0.2) is 16.6 Å². The molecule has 0 unspecified atom stereocenters. The number of halogens is 1. The van der Waals surface area contributed by atoms with Crippen molar-refractivity contribution in [1.82, 2.24) is 0 Å². The van der Waals surface area contributed by atoms with E-state index in [4.69, 9.17) is 18.5 Å². The van der Waals surface area contributed by atoms with Crippen molar-refractivity contribution in [3.05, 3.63) is 22.2 Å². The minimum Gasteiger partial charge on any atom is -0.454 e. The third kappa shape index (κ3) is 3.00. The van der Waals surface area contributed by atoms with Crippen LogP contribution in [0.4, 0.5) is 0 Å². The molecule has 0 saturated heterocycles. The fourth-order valence-corrected chi connectivity index (χ4v) is 3.07. The molecule has 1 aromatic rings. The maximum atomic E-state index is 12.1. The number of hydrogen-bond donors (Lipinski definition) is 0. The minimum atomic E-state index is -3.38. The highest BCUT2D eigenvalue weighted by molar-refractivity contribution is 9.10. The lowest BCUT2D eigenvalue weighted by atomic mass is 10.1. The van der Waals surface area contributed by atoms with Crippen molar-refractivity contribution in [3.63, 3.8) is 0 Å². The van der Waals surface area contributed by atoms with Crippen LogP contribution in [0.25, 0.3) is 0 Å². The standard InChI is InChI=1S/C11H12BrO6P/c1-15-19(14,16-2)5-9(13)7-3-10-11(4-8(7)12)18-6-17-10/h3-4H,5-6H2,1-2H3. The number of Topliss-reactive ketones (excluding diaryl/α,β-unsaturated/α-hetero) is 1. The monoisotopic (exact) mass is 350 g/mol. The minimum absolute atomic E-state index is 0.119. The molecule has 6 nitrogen and oxygen atoms in total. The molecule has 0 aromatic heterocycles. The van der Waals surface area contributed by atoms with Crippen LogP contribution in [0.3, 0.4) is 0 Å². The Labute approximate surface area is 118 Å². The number of ether oxygens (including phenoxy) is 2. The predicted octanol–water partition coefficient (Wildman–Crippen LogP) is 2.85. The molecule has 8 heteroatoms. The number of carbonyl (C=O) groups is 1. The Balaban J connectivity index is 2.27. The van der Waals surface area contributed by atoms with Crippen molar-refractivity contribution in [2.45, 2.75) is 0 Å². The molecule has 0 radical (unpaired) electrons.